The van der Waals surface area contributed by atoms with Gasteiger partial charge in [-0.15, -0.1) is 22.9 Å². The molecule has 10 nitrogen and oxygen atoms in total. The molecule has 0 aliphatic heterocycles. The Morgan fingerprint density at radius 3 is 2.63 bits per heavy atom. The Morgan fingerprint density at radius 1 is 1.37 bits per heavy atom. The molecule has 30 heavy (non-hydrogen) atoms. The summed E-state index contributed by atoms with van der Waals surface area (Å²) in [6.45, 7) is 2.65. The van der Waals surface area contributed by atoms with Gasteiger partial charge >= 0.3 is 11.9 Å². The van der Waals surface area contributed by atoms with Crippen LogP contribution in [0, 0.1) is 0 Å². The van der Waals surface area contributed by atoms with E-state index in [9.17, 15) is 19.2 Å². The quantitative estimate of drug-likeness (QED) is 0.202. The van der Waals surface area contributed by atoms with Crippen molar-refractivity contribution in [1.29, 1.82) is 0 Å². The molecular formula is C18H25ClN4O6S. The molecule has 1 unspecified atom stereocenters. The largest absolute Gasteiger partial charge is 0.476 e. The zero-order chi connectivity index (χ0) is 22.7. The number of nitrogens with zero attached hydrogens (tertiary/aromatic N) is 1. The molecule has 1 heterocycles. The summed E-state index contributed by atoms with van der Waals surface area (Å²) in [5, 5.41) is 15.6. The number of aromatic carboxylic acids is 1. The lowest BCUT2D eigenvalue weighted by molar-refractivity contribution is -0.148. The molecule has 1 aromatic rings. The molecule has 0 aliphatic carbocycles. The molecule has 1 rings (SSSR count). The number of alkyl halides is 1. The molecule has 0 saturated carbocycles. The van der Waals surface area contributed by atoms with Crippen LogP contribution >= 0.6 is 22.9 Å². The van der Waals surface area contributed by atoms with E-state index in [1.54, 1.807) is 12.2 Å². The number of nitrogens with one attached hydrogen (secondary N) is 2. The maximum absolute atomic E-state index is 12.2. The number of rotatable bonds is 12. The number of allylic oxidation sites excluding steroid dienone is 1. The summed E-state index contributed by atoms with van der Waals surface area (Å²) in [6.07, 6.45) is 2.71. The average Bonchev–Trinajstić information content (AvgIpc) is 3.13. The van der Waals surface area contributed by atoms with E-state index in [1.165, 1.54) is 19.2 Å². The predicted octanol–water partition coefficient (Wildman–Crippen LogP) is 0.798. The van der Waals surface area contributed by atoms with Crippen molar-refractivity contribution in [2.75, 3.05) is 12.4 Å². The highest BCUT2D eigenvalue weighted by Gasteiger charge is 2.23. The first kappa shape index (κ1) is 25.5. The van der Waals surface area contributed by atoms with Gasteiger partial charge in [-0.3, -0.25) is 14.4 Å². The maximum atomic E-state index is 12.2. The lowest BCUT2D eigenvalue weighted by Gasteiger charge is -2.18. The topological polar surface area (TPSA) is 161 Å². The normalized spacial score (nSPS) is 12.4. The van der Waals surface area contributed by atoms with Crippen molar-refractivity contribution in [3.8, 4) is 0 Å². The second-order valence-electron chi connectivity index (χ2n) is 6.75. The molecule has 1 aromatic heterocycles. The van der Waals surface area contributed by atoms with Crippen molar-refractivity contribution in [3.05, 3.63) is 28.2 Å². The first-order valence-corrected chi connectivity index (χ1v) is 10.4. The second kappa shape index (κ2) is 12.3. The molecule has 0 radical (unpaired) electrons. The molecule has 0 aromatic carbocycles. The van der Waals surface area contributed by atoms with Gasteiger partial charge in [0.15, 0.2) is 5.69 Å². The van der Waals surface area contributed by atoms with E-state index in [0.717, 1.165) is 11.3 Å². The molecule has 0 saturated heterocycles. The highest BCUT2D eigenvalue weighted by atomic mass is 35.5. The van der Waals surface area contributed by atoms with Crippen LogP contribution in [0.1, 0.15) is 42.2 Å². The van der Waals surface area contributed by atoms with Crippen molar-refractivity contribution in [3.63, 3.8) is 0 Å². The molecule has 0 bridgehead atoms. The number of carbonyl (C=O) groups excluding carboxylic acids is 3. The number of thiazole rings is 1. The Bertz CT molecular complexity index is 790. The number of carboxylic acids is 1. The second-order valence-corrected chi connectivity index (χ2v) is 8.07. The van der Waals surface area contributed by atoms with Crippen molar-refractivity contribution in [1.82, 2.24) is 15.6 Å². The number of halogens is 1. The van der Waals surface area contributed by atoms with Gasteiger partial charge < -0.3 is 26.2 Å². The number of amides is 2. The minimum atomic E-state index is -1.15. The SMILES string of the molecule is CC(C)(N)C(=O)NCC(=O)OC(/C=C/CCCl)CC(=O)NCc1nc(C(=O)O)cs1. The lowest BCUT2D eigenvalue weighted by atomic mass is 10.1. The first-order valence-electron chi connectivity index (χ1n) is 8.96. The van der Waals surface area contributed by atoms with Crippen LogP contribution in [-0.4, -0.2) is 57.9 Å². The number of aromatic nitrogens is 1. The van der Waals surface area contributed by atoms with E-state index < -0.39 is 41.9 Å². The molecule has 166 valence electrons. The minimum absolute atomic E-state index is 0.0461. The Labute approximate surface area is 182 Å². The third kappa shape index (κ3) is 9.81. The van der Waals surface area contributed by atoms with Crippen LogP contribution in [0.25, 0.3) is 0 Å². The fourth-order valence-electron chi connectivity index (χ4n) is 1.97. The summed E-state index contributed by atoms with van der Waals surface area (Å²) >= 11 is 6.73. The third-order valence-electron chi connectivity index (χ3n) is 3.48. The Kier molecular flexibility index (Phi) is 10.4. The summed E-state index contributed by atoms with van der Waals surface area (Å²) in [6, 6.07) is 0. The fourth-order valence-corrected chi connectivity index (χ4v) is 2.80. The van der Waals surface area contributed by atoms with Crippen molar-refractivity contribution < 1.29 is 29.0 Å². The Morgan fingerprint density at radius 2 is 2.07 bits per heavy atom. The molecule has 0 fully saturated rings. The van der Waals surface area contributed by atoms with Gasteiger partial charge in [-0.2, -0.15) is 0 Å². The summed E-state index contributed by atoms with van der Waals surface area (Å²) in [4.78, 5) is 50.6. The standard InChI is InChI=1S/C18H25ClN4O6S/c1-18(2,20)17(28)22-9-15(25)29-11(5-3-4-6-19)7-13(24)21-8-14-23-12(10-30-14)16(26)27/h3,5,10-11H,4,6-9,20H2,1-2H3,(H,21,24)(H,22,28)(H,26,27)/b5-3+. The lowest BCUT2D eigenvalue weighted by Crippen LogP contribution is -2.50. The van der Waals surface area contributed by atoms with Crippen molar-refractivity contribution in [2.24, 2.45) is 5.73 Å². The van der Waals surface area contributed by atoms with Gasteiger partial charge in [0.05, 0.1) is 18.5 Å². The number of nitrogens with two attached hydrogens (primary N) is 1. The van der Waals surface area contributed by atoms with Crippen LogP contribution in [0.15, 0.2) is 17.5 Å². The van der Waals surface area contributed by atoms with Crippen LogP contribution in [0.5, 0.6) is 0 Å². The van der Waals surface area contributed by atoms with E-state index in [4.69, 9.17) is 27.2 Å². The fraction of sp³-hybridized carbons (Fsp3) is 0.500. The van der Waals surface area contributed by atoms with Crippen LogP contribution in [0.4, 0.5) is 0 Å². The van der Waals surface area contributed by atoms with Crippen LogP contribution in [0.2, 0.25) is 0 Å². The van der Waals surface area contributed by atoms with E-state index in [0.29, 0.717) is 17.3 Å². The van der Waals surface area contributed by atoms with Gasteiger partial charge in [-0.05, 0) is 26.3 Å². The van der Waals surface area contributed by atoms with Gasteiger partial charge in [0.1, 0.15) is 17.7 Å². The van der Waals surface area contributed by atoms with Gasteiger partial charge in [0, 0.05) is 11.3 Å². The van der Waals surface area contributed by atoms with Gasteiger partial charge in [0.2, 0.25) is 11.8 Å². The maximum Gasteiger partial charge on any atom is 0.355 e. The summed E-state index contributed by atoms with van der Waals surface area (Å²) in [5.41, 5.74) is 4.40. The number of hydrogen-bond acceptors (Lipinski definition) is 8. The van der Waals surface area contributed by atoms with E-state index in [-0.39, 0.29) is 18.7 Å². The smallest absolute Gasteiger partial charge is 0.355 e. The number of ether oxygens (including phenoxy) is 1. The van der Waals surface area contributed by atoms with Gasteiger partial charge in [0.25, 0.3) is 0 Å². The molecule has 12 heteroatoms. The van der Waals surface area contributed by atoms with Crippen LogP contribution in [0.3, 0.4) is 0 Å². The number of esters is 1. The van der Waals surface area contributed by atoms with Gasteiger partial charge in [-0.25, -0.2) is 9.78 Å². The predicted molar refractivity (Wildman–Crippen MR) is 111 cm³/mol. The van der Waals surface area contributed by atoms with E-state index in [2.05, 4.69) is 15.6 Å². The summed E-state index contributed by atoms with van der Waals surface area (Å²) in [5.74, 6) is -2.46. The highest BCUT2D eigenvalue weighted by molar-refractivity contribution is 7.09. The van der Waals surface area contributed by atoms with E-state index in [1.807, 2.05) is 0 Å². The number of carbonyl (C=O) groups is 4. The molecule has 5 N–H and O–H groups in total. The molecule has 1 atom stereocenters. The Balaban J connectivity index is 2.59. The molecule has 0 spiro atoms. The summed E-state index contributed by atoms with van der Waals surface area (Å²) < 4.78 is 5.24. The Hall–Kier alpha value is -2.50. The number of hydrogen-bond donors (Lipinski definition) is 4. The molecule has 2 amide bonds. The highest BCUT2D eigenvalue weighted by Crippen LogP contribution is 2.10. The molecular weight excluding hydrogens is 436 g/mol. The molecule has 0 aliphatic rings. The van der Waals surface area contributed by atoms with Gasteiger partial charge in [-0.1, -0.05) is 6.08 Å². The minimum Gasteiger partial charge on any atom is -0.476 e. The summed E-state index contributed by atoms with van der Waals surface area (Å²) in [7, 11) is 0. The zero-order valence-electron chi connectivity index (χ0n) is 16.6. The first-order chi connectivity index (χ1) is 14.0. The zero-order valence-corrected chi connectivity index (χ0v) is 18.2. The van der Waals surface area contributed by atoms with E-state index >= 15 is 0 Å². The number of carboxylic acid groups (broad SMARTS) is 1. The van der Waals surface area contributed by atoms with Crippen LogP contribution < -0.4 is 16.4 Å². The monoisotopic (exact) mass is 460 g/mol. The van der Waals surface area contributed by atoms with Crippen LogP contribution in [-0.2, 0) is 25.7 Å². The average molecular weight is 461 g/mol. The third-order valence-corrected chi connectivity index (χ3v) is 4.55. The van der Waals surface area contributed by atoms with Crippen molar-refractivity contribution in [2.45, 2.75) is 44.9 Å². The van der Waals surface area contributed by atoms with Crippen molar-refractivity contribution >= 4 is 46.7 Å².